The standard InChI is InChI=1S/C26H33N3O2.C2H7N/c1-6-20-14-22(25(30)27-16-23-17(3)13-18(4)28-26(23)31)19(5)24(15-20)29(7-2)21-11-9-8-10-12-21;1-3-2/h1,13-15,21H,7-12,16H2,2-5H3,(H,27,30)(H,28,31);3H,1-2H3. The molecule has 1 aliphatic carbocycles. The summed E-state index contributed by atoms with van der Waals surface area (Å²) in [5.41, 5.74) is 5.32. The van der Waals surface area contributed by atoms with E-state index in [9.17, 15) is 9.59 Å². The van der Waals surface area contributed by atoms with Crippen molar-refractivity contribution in [2.24, 2.45) is 0 Å². The van der Waals surface area contributed by atoms with Gasteiger partial charge < -0.3 is 20.5 Å². The number of nitrogens with one attached hydrogen (secondary N) is 3. The second kappa shape index (κ2) is 13.0. The van der Waals surface area contributed by atoms with Gasteiger partial charge in [-0.05, 0) is 84.0 Å². The summed E-state index contributed by atoms with van der Waals surface area (Å²) in [6.45, 7) is 8.92. The molecule has 1 saturated carbocycles. The molecule has 3 rings (SSSR count). The van der Waals surface area contributed by atoms with E-state index in [0.717, 1.165) is 29.1 Å². The molecular formula is C28H40N4O2. The van der Waals surface area contributed by atoms with Crippen molar-refractivity contribution in [1.29, 1.82) is 0 Å². The summed E-state index contributed by atoms with van der Waals surface area (Å²) in [7, 11) is 3.75. The van der Waals surface area contributed by atoms with Crippen molar-refractivity contribution in [3.05, 3.63) is 62.1 Å². The maximum atomic E-state index is 13.1. The molecule has 1 aliphatic rings. The van der Waals surface area contributed by atoms with Crippen LogP contribution in [0.1, 0.15) is 77.3 Å². The van der Waals surface area contributed by atoms with E-state index in [2.05, 4.69) is 33.4 Å². The van der Waals surface area contributed by atoms with E-state index in [1.54, 1.807) is 6.07 Å². The lowest BCUT2D eigenvalue weighted by Crippen LogP contribution is -2.37. The number of H-pyrrole nitrogens is 1. The van der Waals surface area contributed by atoms with Crippen LogP contribution >= 0.6 is 0 Å². The number of aryl methyl sites for hydroxylation is 2. The zero-order valence-electron chi connectivity index (χ0n) is 21.6. The summed E-state index contributed by atoms with van der Waals surface area (Å²) in [5, 5.41) is 5.68. The number of hydrogen-bond acceptors (Lipinski definition) is 4. The van der Waals surface area contributed by atoms with Gasteiger partial charge in [-0.15, -0.1) is 6.42 Å². The van der Waals surface area contributed by atoms with Crippen LogP contribution in [0.3, 0.4) is 0 Å². The van der Waals surface area contributed by atoms with E-state index in [1.807, 2.05) is 47.0 Å². The lowest BCUT2D eigenvalue weighted by atomic mass is 9.92. The summed E-state index contributed by atoms with van der Waals surface area (Å²) in [4.78, 5) is 30.6. The fraction of sp³-hybridized carbons (Fsp3) is 0.500. The van der Waals surface area contributed by atoms with Gasteiger partial charge in [0.2, 0.25) is 0 Å². The van der Waals surface area contributed by atoms with Crippen molar-refractivity contribution in [3.8, 4) is 12.3 Å². The Morgan fingerprint density at radius 1 is 1.15 bits per heavy atom. The Kier molecular flexibility index (Phi) is 10.4. The zero-order chi connectivity index (χ0) is 25.3. The predicted octanol–water partition coefficient (Wildman–Crippen LogP) is 4.21. The average molecular weight is 465 g/mol. The average Bonchev–Trinajstić information content (AvgIpc) is 2.81. The van der Waals surface area contributed by atoms with Crippen molar-refractivity contribution in [3.63, 3.8) is 0 Å². The number of nitrogens with zero attached hydrogens (tertiary/aromatic N) is 1. The van der Waals surface area contributed by atoms with E-state index >= 15 is 0 Å². The molecular weight excluding hydrogens is 424 g/mol. The van der Waals surface area contributed by atoms with Crippen LogP contribution in [0.2, 0.25) is 0 Å². The molecule has 6 heteroatoms. The molecule has 6 nitrogen and oxygen atoms in total. The Bertz CT molecular complexity index is 1080. The maximum absolute atomic E-state index is 13.1. The van der Waals surface area contributed by atoms with Gasteiger partial charge in [-0.1, -0.05) is 25.2 Å². The minimum atomic E-state index is -0.213. The van der Waals surface area contributed by atoms with Crippen LogP contribution in [0.15, 0.2) is 23.0 Å². The van der Waals surface area contributed by atoms with Gasteiger partial charge in [0.05, 0.1) is 0 Å². The molecule has 0 bridgehead atoms. The third-order valence-corrected chi connectivity index (χ3v) is 6.38. The predicted molar refractivity (Wildman–Crippen MR) is 142 cm³/mol. The molecule has 1 heterocycles. The van der Waals surface area contributed by atoms with Gasteiger partial charge in [-0.25, -0.2) is 0 Å². The number of benzene rings is 1. The largest absolute Gasteiger partial charge is 0.369 e. The number of anilines is 1. The number of carbonyl (C=O) groups is 1. The van der Waals surface area contributed by atoms with Gasteiger partial charge in [-0.3, -0.25) is 9.59 Å². The monoisotopic (exact) mass is 464 g/mol. The molecule has 0 aliphatic heterocycles. The number of amides is 1. The first kappa shape index (κ1) is 27.2. The first-order valence-electron chi connectivity index (χ1n) is 12.2. The van der Waals surface area contributed by atoms with Crippen molar-refractivity contribution in [1.82, 2.24) is 15.6 Å². The molecule has 34 heavy (non-hydrogen) atoms. The molecule has 0 atom stereocenters. The lowest BCUT2D eigenvalue weighted by molar-refractivity contribution is 0.0950. The van der Waals surface area contributed by atoms with Crippen LogP contribution < -0.4 is 21.1 Å². The Hall–Kier alpha value is -3.04. The molecule has 2 aromatic rings. The highest BCUT2D eigenvalue weighted by Crippen LogP contribution is 2.32. The van der Waals surface area contributed by atoms with Crippen LogP contribution in [-0.2, 0) is 6.54 Å². The molecule has 3 N–H and O–H groups in total. The molecule has 184 valence electrons. The van der Waals surface area contributed by atoms with E-state index in [4.69, 9.17) is 6.42 Å². The first-order chi connectivity index (χ1) is 16.3. The number of rotatable bonds is 6. The summed E-state index contributed by atoms with van der Waals surface area (Å²) in [5.74, 6) is 2.50. The van der Waals surface area contributed by atoms with E-state index in [-0.39, 0.29) is 18.0 Å². The van der Waals surface area contributed by atoms with Crippen molar-refractivity contribution in [2.75, 3.05) is 25.5 Å². The minimum absolute atomic E-state index is 0.165. The first-order valence-corrected chi connectivity index (χ1v) is 12.2. The molecule has 0 radical (unpaired) electrons. The summed E-state index contributed by atoms with van der Waals surface area (Å²) in [6, 6.07) is 6.19. The zero-order valence-corrected chi connectivity index (χ0v) is 21.6. The van der Waals surface area contributed by atoms with Gasteiger partial charge in [0.15, 0.2) is 0 Å². The van der Waals surface area contributed by atoms with E-state index in [0.29, 0.717) is 22.7 Å². The summed E-state index contributed by atoms with van der Waals surface area (Å²) in [6.07, 6.45) is 11.9. The molecule has 0 saturated heterocycles. The maximum Gasteiger partial charge on any atom is 0.253 e. The second-order valence-electron chi connectivity index (χ2n) is 9.02. The highest BCUT2D eigenvalue weighted by molar-refractivity contribution is 5.97. The van der Waals surface area contributed by atoms with Gasteiger partial charge >= 0.3 is 0 Å². The summed E-state index contributed by atoms with van der Waals surface area (Å²) >= 11 is 0. The van der Waals surface area contributed by atoms with Crippen molar-refractivity contribution < 1.29 is 4.79 Å². The van der Waals surface area contributed by atoms with Crippen LogP contribution in [0.4, 0.5) is 5.69 Å². The second-order valence-corrected chi connectivity index (χ2v) is 9.02. The van der Waals surface area contributed by atoms with Crippen LogP contribution in [0.5, 0.6) is 0 Å². The van der Waals surface area contributed by atoms with Gasteiger partial charge in [0.1, 0.15) is 0 Å². The molecule has 1 fully saturated rings. The quantitative estimate of drug-likeness (QED) is 0.560. The Labute approximate surface area is 204 Å². The summed E-state index contributed by atoms with van der Waals surface area (Å²) < 4.78 is 0. The number of pyridine rings is 1. The van der Waals surface area contributed by atoms with Gasteiger partial charge in [0.25, 0.3) is 11.5 Å². The molecule has 1 aromatic heterocycles. The number of hydrogen-bond donors (Lipinski definition) is 3. The highest BCUT2D eigenvalue weighted by Gasteiger charge is 2.24. The van der Waals surface area contributed by atoms with E-state index in [1.165, 1.54) is 32.1 Å². The van der Waals surface area contributed by atoms with Crippen LogP contribution in [0, 0.1) is 33.1 Å². The Morgan fingerprint density at radius 3 is 2.35 bits per heavy atom. The van der Waals surface area contributed by atoms with Crippen molar-refractivity contribution in [2.45, 2.75) is 72.4 Å². The van der Waals surface area contributed by atoms with Crippen LogP contribution in [0.25, 0.3) is 0 Å². The number of aromatic nitrogens is 1. The molecule has 1 amide bonds. The van der Waals surface area contributed by atoms with Crippen molar-refractivity contribution >= 4 is 11.6 Å². The van der Waals surface area contributed by atoms with Gasteiger partial charge in [0, 0.05) is 47.2 Å². The fourth-order valence-corrected chi connectivity index (χ4v) is 4.70. The topological polar surface area (TPSA) is 77.2 Å². The normalized spacial score (nSPS) is 13.4. The van der Waals surface area contributed by atoms with Crippen LogP contribution in [-0.4, -0.2) is 37.6 Å². The number of aromatic amines is 1. The minimum Gasteiger partial charge on any atom is -0.369 e. The third kappa shape index (κ3) is 6.74. The molecule has 0 unspecified atom stereocenters. The Balaban J connectivity index is 0.00000129. The molecule has 1 aromatic carbocycles. The number of terminal acetylenes is 1. The fourth-order valence-electron chi connectivity index (χ4n) is 4.70. The highest BCUT2D eigenvalue weighted by atomic mass is 16.1. The lowest BCUT2D eigenvalue weighted by Gasteiger charge is -2.36. The smallest absolute Gasteiger partial charge is 0.253 e. The van der Waals surface area contributed by atoms with E-state index < -0.39 is 0 Å². The molecule has 0 spiro atoms. The Morgan fingerprint density at radius 2 is 1.79 bits per heavy atom. The third-order valence-electron chi connectivity index (χ3n) is 6.38. The van der Waals surface area contributed by atoms with Gasteiger partial charge in [-0.2, -0.15) is 0 Å². The number of carbonyl (C=O) groups excluding carboxylic acids is 1. The SMILES string of the molecule is C#Cc1cc(C(=O)NCc2c(C)cc(C)[nH]c2=O)c(C)c(N(CC)C2CCCCC2)c1.CNC.